The van der Waals surface area contributed by atoms with E-state index in [-0.39, 0.29) is 12.8 Å². The Balaban J connectivity index is 0. The van der Waals surface area contributed by atoms with Crippen molar-refractivity contribution in [3.05, 3.63) is 24.3 Å². The molecule has 0 bridgehead atoms. The average Bonchev–Trinajstić information content (AvgIpc) is 2.32. The molecule has 16 heavy (non-hydrogen) atoms. The zero-order chi connectivity index (χ0) is 12.8. The van der Waals surface area contributed by atoms with E-state index in [9.17, 15) is 9.59 Å². The minimum Gasteiger partial charge on any atom is -0.481 e. The van der Waals surface area contributed by atoms with Crippen molar-refractivity contribution in [1.82, 2.24) is 0 Å². The molecule has 0 saturated heterocycles. The maximum atomic E-state index is 9.64. The summed E-state index contributed by atoms with van der Waals surface area (Å²) >= 11 is 0. The second kappa shape index (κ2) is 13.0. The highest BCUT2D eigenvalue weighted by Crippen LogP contribution is 1.98. The third kappa shape index (κ3) is 17.9. The Morgan fingerprint density at radius 1 is 0.938 bits per heavy atom. The molecular formula is C12H16O4. The fourth-order valence-electron chi connectivity index (χ4n) is 0.756. The van der Waals surface area contributed by atoms with Gasteiger partial charge in [0.05, 0.1) is 12.8 Å². The van der Waals surface area contributed by atoms with E-state index in [4.69, 9.17) is 10.2 Å². The summed E-state index contributed by atoms with van der Waals surface area (Å²) in [5.74, 6) is -2.15. The van der Waals surface area contributed by atoms with Crippen LogP contribution in [0.2, 0.25) is 0 Å². The van der Waals surface area contributed by atoms with Gasteiger partial charge in [0, 0.05) is 0 Å². The number of aliphatic carboxylic acids is 2. The first-order valence-electron chi connectivity index (χ1n) is 4.71. The van der Waals surface area contributed by atoms with Gasteiger partial charge in [0.2, 0.25) is 0 Å². The van der Waals surface area contributed by atoms with E-state index in [1.54, 1.807) is 0 Å². The fraction of sp³-hybridized carbons (Fsp3) is 0.333. The maximum absolute atomic E-state index is 9.64. The first-order chi connectivity index (χ1) is 7.63. The van der Waals surface area contributed by atoms with Gasteiger partial charge in [0.25, 0.3) is 0 Å². The van der Waals surface area contributed by atoms with Gasteiger partial charge in [-0.05, 0) is 12.8 Å². The second-order valence-electron chi connectivity index (χ2n) is 2.72. The molecule has 0 radical (unpaired) electrons. The number of carboxylic acids is 2. The Morgan fingerprint density at radius 2 is 1.25 bits per heavy atom. The lowest BCUT2D eigenvalue weighted by Gasteiger charge is -1.88. The maximum Gasteiger partial charge on any atom is 0.303 e. The summed E-state index contributed by atoms with van der Waals surface area (Å²) in [7, 11) is 0. The van der Waals surface area contributed by atoms with Crippen LogP contribution in [-0.4, -0.2) is 22.2 Å². The van der Waals surface area contributed by atoms with Crippen molar-refractivity contribution < 1.29 is 19.8 Å². The Bertz CT molecular complexity index is 248. The lowest BCUT2D eigenvalue weighted by atomic mass is 10.2. The largest absolute Gasteiger partial charge is 0.481 e. The summed E-state index contributed by atoms with van der Waals surface area (Å²) < 4.78 is 0. The summed E-state index contributed by atoms with van der Waals surface area (Å²) in [6.07, 6.45) is 18.4. The molecule has 0 aromatic rings. The number of hydrogen-bond acceptors (Lipinski definition) is 2. The lowest BCUT2D eigenvalue weighted by Crippen LogP contribution is -2.00. The van der Waals surface area contributed by atoms with Crippen molar-refractivity contribution in [3.8, 4) is 12.8 Å². The van der Waals surface area contributed by atoms with Crippen molar-refractivity contribution in [3.63, 3.8) is 0 Å². The Hall–Kier alpha value is -2.02. The number of carbonyl (C=O) groups is 2. The van der Waals surface area contributed by atoms with Crippen LogP contribution in [-0.2, 0) is 9.59 Å². The van der Waals surface area contributed by atoms with Crippen LogP contribution in [0.1, 0.15) is 25.7 Å². The van der Waals surface area contributed by atoms with E-state index >= 15 is 0 Å². The van der Waals surface area contributed by atoms with Crippen molar-refractivity contribution >= 4 is 11.9 Å². The van der Waals surface area contributed by atoms with Crippen LogP contribution in [0.25, 0.3) is 0 Å². The van der Waals surface area contributed by atoms with Gasteiger partial charge in [-0.3, -0.25) is 9.59 Å². The standard InChI is InChI=1S/C6H8.C4H6O4.C2H2/c1-2-4-6-5-3-1;5-3(6)1-2-4(7)8;1-2/h1-4H,5-6H2;1-2H2,(H,5,6)(H,7,8);1-2H. The minimum atomic E-state index is -1.08. The minimum absolute atomic E-state index is 0.296. The van der Waals surface area contributed by atoms with Crippen molar-refractivity contribution in [2.24, 2.45) is 0 Å². The van der Waals surface area contributed by atoms with E-state index in [1.807, 2.05) is 0 Å². The molecule has 4 heteroatoms. The van der Waals surface area contributed by atoms with Crippen LogP contribution in [0.3, 0.4) is 0 Å². The summed E-state index contributed by atoms with van der Waals surface area (Å²) in [5, 5.41) is 15.8. The third-order valence-electron chi connectivity index (χ3n) is 1.44. The first-order valence-corrected chi connectivity index (χ1v) is 4.71. The van der Waals surface area contributed by atoms with Crippen LogP contribution in [0, 0.1) is 12.8 Å². The number of carboxylic acid groups (broad SMARTS) is 2. The Kier molecular flexibility index (Phi) is 13.3. The summed E-state index contributed by atoms with van der Waals surface area (Å²) in [4.78, 5) is 19.3. The smallest absolute Gasteiger partial charge is 0.303 e. The van der Waals surface area contributed by atoms with Crippen LogP contribution >= 0.6 is 0 Å². The molecular weight excluding hydrogens is 208 g/mol. The Morgan fingerprint density at radius 3 is 1.38 bits per heavy atom. The topological polar surface area (TPSA) is 74.6 Å². The average molecular weight is 224 g/mol. The molecule has 0 fully saturated rings. The van der Waals surface area contributed by atoms with Crippen LogP contribution < -0.4 is 0 Å². The summed E-state index contributed by atoms with van der Waals surface area (Å²) in [5.41, 5.74) is 0. The second-order valence-corrected chi connectivity index (χ2v) is 2.72. The highest BCUT2D eigenvalue weighted by Gasteiger charge is 2.00. The number of hydrogen-bond donors (Lipinski definition) is 2. The lowest BCUT2D eigenvalue weighted by molar-refractivity contribution is -0.143. The molecule has 2 N–H and O–H groups in total. The molecule has 1 rings (SSSR count). The van der Waals surface area contributed by atoms with Crippen molar-refractivity contribution in [2.45, 2.75) is 25.7 Å². The Labute approximate surface area is 95.3 Å². The number of allylic oxidation sites excluding steroid dienone is 4. The van der Waals surface area contributed by atoms with Crippen molar-refractivity contribution in [2.75, 3.05) is 0 Å². The molecule has 0 unspecified atom stereocenters. The van der Waals surface area contributed by atoms with Gasteiger partial charge in [0.1, 0.15) is 0 Å². The van der Waals surface area contributed by atoms with Gasteiger partial charge in [0.15, 0.2) is 0 Å². The number of rotatable bonds is 3. The fourth-order valence-corrected chi connectivity index (χ4v) is 0.756. The third-order valence-corrected chi connectivity index (χ3v) is 1.44. The normalized spacial score (nSPS) is 11.4. The van der Waals surface area contributed by atoms with E-state index in [2.05, 4.69) is 37.2 Å². The molecule has 0 amide bonds. The van der Waals surface area contributed by atoms with Crippen LogP contribution in [0.5, 0.6) is 0 Å². The van der Waals surface area contributed by atoms with Gasteiger partial charge in [-0.2, -0.15) is 0 Å². The molecule has 1 aliphatic rings. The van der Waals surface area contributed by atoms with Gasteiger partial charge in [-0.25, -0.2) is 0 Å². The SMILES string of the molecule is C#C.C1=CCCC=C1.O=C(O)CCC(=O)O. The molecule has 0 heterocycles. The molecule has 1 aliphatic carbocycles. The van der Waals surface area contributed by atoms with Crippen molar-refractivity contribution in [1.29, 1.82) is 0 Å². The quantitative estimate of drug-likeness (QED) is 0.720. The van der Waals surface area contributed by atoms with E-state index < -0.39 is 11.9 Å². The van der Waals surface area contributed by atoms with Gasteiger partial charge in [-0.15, -0.1) is 12.8 Å². The zero-order valence-corrected chi connectivity index (χ0v) is 9.00. The summed E-state index contributed by atoms with van der Waals surface area (Å²) in [6.45, 7) is 0. The zero-order valence-electron chi connectivity index (χ0n) is 9.00. The molecule has 0 spiro atoms. The first kappa shape index (κ1) is 16.4. The van der Waals surface area contributed by atoms with Gasteiger partial charge in [-0.1, -0.05) is 24.3 Å². The van der Waals surface area contributed by atoms with Crippen LogP contribution in [0.15, 0.2) is 24.3 Å². The molecule has 0 saturated carbocycles. The summed E-state index contributed by atoms with van der Waals surface area (Å²) in [6, 6.07) is 0. The molecule has 0 aromatic carbocycles. The van der Waals surface area contributed by atoms with Gasteiger partial charge >= 0.3 is 11.9 Å². The van der Waals surface area contributed by atoms with E-state index in [1.165, 1.54) is 12.8 Å². The van der Waals surface area contributed by atoms with E-state index in [0.717, 1.165) is 0 Å². The molecule has 0 aromatic heterocycles. The predicted molar refractivity (Wildman–Crippen MR) is 61.9 cm³/mol. The molecule has 4 nitrogen and oxygen atoms in total. The number of terminal acetylenes is 1. The highest BCUT2D eigenvalue weighted by molar-refractivity contribution is 5.75. The molecule has 88 valence electrons. The monoisotopic (exact) mass is 224 g/mol. The van der Waals surface area contributed by atoms with Gasteiger partial charge < -0.3 is 10.2 Å². The van der Waals surface area contributed by atoms with E-state index in [0.29, 0.717) is 0 Å². The highest BCUT2D eigenvalue weighted by atomic mass is 16.4. The molecule has 0 atom stereocenters. The molecule has 0 aliphatic heterocycles. The van der Waals surface area contributed by atoms with Crippen LogP contribution in [0.4, 0.5) is 0 Å². The predicted octanol–water partition coefficient (Wildman–Crippen LogP) is 2.08.